The van der Waals surface area contributed by atoms with E-state index in [1.807, 2.05) is 105 Å². The molecule has 284 valence electrons. The molecule has 2 aliphatic heterocycles. The Kier molecular flexibility index (Phi) is 11.0. The summed E-state index contributed by atoms with van der Waals surface area (Å²) in [5.41, 5.74) is 3.47. The molecule has 2 unspecified atom stereocenters. The number of pyridine rings is 1. The van der Waals surface area contributed by atoms with E-state index in [2.05, 4.69) is 4.90 Å². The van der Waals surface area contributed by atoms with Gasteiger partial charge in [-0.25, -0.2) is 13.6 Å². The van der Waals surface area contributed by atoms with Crippen LogP contribution in [0.25, 0.3) is 22.2 Å². The number of piperidine rings is 1. The van der Waals surface area contributed by atoms with Crippen molar-refractivity contribution in [1.29, 1.82) is 0 Å². The summed E-state index contributed by atoms with van der Waals surface area (Å²) < 4.78 is 51.1. The van der Waals surface area contributed by atoms with Gasteiger partial charge in [-0.2, -0.15) is 10.1 Å². The maximum atomic E-state index is 16.5. The number of halogens is 2. The Morgan fingerprint density at radius 2 is 1.52 bits per heavy atom. The second kappa shape index (κ2) is 16.0. The zero-order chi connectivity index (χ0) is 37.8. The molecule has 2 saturated heterocycles. The van der Waals surface area contributed by atoms with Gasteiger partial charge in [0, 0.05) is 63.7 Å². The Hall–Kier alpha value is -5.23. The molecule has 0 radical (unpaired) electrons. The van der Waals surface area contributed by atoms with Crippen LogP contribution in [0.5, 0.6) is 11.8 Å². The first-order chi connectivity index (χ1) is 26.0. The largest absolute Gasteiger partial charge is 0.473 e. The van der Waals surface area contributed by atoms with Crippen LogP contribution in [0.2, 0.25) is 0 Å². The summed E-state index contributed by atoms with van der Waals surface area (Å²) in [5.74, 6) is 0.239. The Morgan fingerprint density at radius 1 is 0.852 bits per heavy atom. The molecular formula is C42H48F2N6O4. The number of anilines is 1. The molecule has 54 heavy (non-hydrogen) atoms. The number of hydrogen-bond donors (Lipinski definition) is 0. The highest BCUT2D eigenvalue weighted by Crippen LogP contribution is 2.38. The number of piperazine rings is 1. The molecule has 2 aromatic heterocycles. The number of likely N-dealkylation sites (tertiary alicyclic amines) is 1. The molecule has 4 heterocycles. The molecule has 2 atom stereocenters. The van der Waals surface area contributed by atoms with Crippen LogP contribution in [0.1, 0.15) is 38.3 Å². The zero-order valence-corrected chi connectivity index (χ0v) is 31.4. The molecule has 5 aromatic rings. The standard InChI is InChI=1S/C42H48F2N6O4/c1-42(2,3)54-41(51)50-20-19-31(34(43)26-50)25-48-21-23-49(24-22-48)35-17-15-32-38(46-47(4)39(32)37(35)44)33-16-18-36(52-27-29-11-7-5-8-12-29)45-40(33)53-28-30-13-9-6-10-14-30/h5-18,31,34H,19-28H2,1-4H3. The van der Waals surface area contributed by atoms with Crippen molar-refractivity contribution >= 4 is 22.7 Å². The molecule has 7 rings (SSSR count). The van der Waals surface area contributed by atoms with E-state index in [1.54, 1.807) is 17.8 Å². The quantitative estimate of drug-likeness (QED) is 0.145. The summed E-state index contributed by atoms with van der Waals surface area (Å²) in [6.07, 6.45) is -1.01. The van der Waals surface area contributed by atoms with Crippen LogP contribution in [0.3, 0.4) is 0 Å². The maximum Gasteiger partial charge on any atom is 0.410 e. The SMILES string of the molecule is Cn1nc(-c2ccc(OCc3ccccc3)nc2OCc2ccccc2)c2ccc(N3CCN(CC4CCN(C(=O)OC(C)(C)C)CC4F)CC3)c(F)c21. The van der Waals surface area contributed by atoms with E-state index >= 15 is 8.78 Å². The highest BCUT2D eigenvalue weighted by molar-refractivity contribution is 5.96. The fraction of sp³-hybridized carbons (Fsp3) is 0.405. The minimum Gasteiger partial charge on any atom is -0.473 e. The van der Waals surface area contributed by atoms with E-state index in [1.165, 1.54) is 4.90 Å². The lowest BCUT2D eigenvalue weighted by molar-refractivity contribution is 0.00144. The van der Waals surface area contributed by atoms with Crippen molar-refractivity contribution in [2.45, 2.75) is 52.2 Å². The van der Waals surface area contributed by atoms with E-state index in [0.29, 0.717) is 91.9 Å². The number of carbonyl (C=O) groups excluding carboxylic acids is 1. The van der Waals surface area contributed by atoms with Crippen LogP contribution in [0.4, 0.5) is 19.3 Å². The summed E-state index contributed by atoms with van der Waals surface area (Å²) >= 11 is 0. The minimum atomic E-state index is -1.12. The molecule has 0 saturated carbocycles. The third-order valence-corrected chi connectivity index (χ3v) is 10.00. The van der Waals surface area contributed by atoms with Crippen LogP contribution in [0.15, 0.2) is 84.9 Å². The third kappa shape index (κ3) is 8.59. The van der Waals surface area contributed by atoms with Crippen LogP contribution < -0.4 is 14.4 Å². The first-order valence-corrected chi connectivity index (χ1v) is 18.6. The van der Waals surface area contributed by atoms with Crippen molar-refractivity contribution in [2.24, 2.45) is 13.0 Å². The Morgan fingerprint density at radius 3 is 2.17 bits per heavy atom. The van der Waals surface area contributed by atoms with Gasteiger partial charge >= 0.3 is 6.09 Å². The van der Waals surface area contributed by atoms with Crippen molar-refractivity contribution < 1.29 is 27.8 Å². The van der Waals surface area contributed by atoms with E-state index < -0.39 is 17.9 Å². The summed E-state index contributed by atoms with van der Waals surface area (Å²) in [6.45, 7) is 9.75. The van der Waals surface area contributed by atoms with E-state index in [4.69, 9.17) is 24.3 Å². The van der Waals surface area contributed by atoms with Crippen molar-refractivity contribution in [3.05, 3.63) is 102 Å². The van der Waals surface area contributed by atoms with Gasteiger partial charge in [0.2, 0.25) is 11.8 Å². The van der Waals surface area contributed by atoms with Gasteiger partial charge in [-0.15, -0.1) is 0 Å². The average Bonchev–Trinajstić information content (AvgIpc) is 3.51. The molecule has 0 N–H and O–H groups in total. The monoisotopic (exact) mass is 738 g/mol. The normalized spacial score (nSPS) is 18.2. The number of carbonyl (C=O) groups is 1. The number of rotatable bonds is 10. The van der Waals surface area contributed by atoms with E-state index in [9.17, 15) is 4.79 Å². The predicted octanol–water partition coefficient (Wildman–Crippen LogP) is 7.65. The van der Waals surface area contributed by atoms with Crippen molar-refractivity contribution in [3.8, 4) is 23.0 Å². The van der Waals surface area contributed by atoms with Gasteiger partial charge in [0.15, 0.2) is 5.82 Å². The number of alkyl halides is 1. The van der Waals surface area contributed by atoms with Crippen LogP contribution in [0, 0.1) is 11.7 Å². The van der Waals surface area contributed by atoms with Gasteiger partial charge in [-0.05, 0) is 56.5 Å². The molecule has 3 aromatic carbocycles. The fourth-order valence-electron chi connectivity index (χ4n) is 7.16. The van der Waals surface area contributed by atoms with E-state index in [-0.39, 0.29) is 24.9 Å². The number of amides is 1. The minimum absolute atomic E-state index is 0.0420. The van der Waals surface area contributed by atoms with Gasteiger partial charge in [-0.3, -0.25) is 9.58 Å². The summed E-state index contributed by atoms with van der Waals surface area (Å²) in [4.78, 5) is 23.0. The molecule has 10 nitrogen and oxygen atoms in total. The van der Waals surface area contributed by atoms with Crippen molar-refractivity contribution in [1.82, 2.24) is 24.6 Å². The van der Waals surface area contributed by atoms with Gasteiger partial charge in [0.25, 0.3) is 0 Å². The lowest BCUT2D eigenvalue weighted by Crippen LogP contribution is -2.52. The molecule has 0 bridgehead atoms. The predicted molar refractivity (Wildman–Crippen MR) is 205 cm³/mol. The molecule has 2 fully saturated rings. The summed E-state index contributed by atoms with van der Waals surface area (Å²) in [5, 5.41) is 5.43. The summed E-state index contributed by atoms with van der Waals surface area (Å²) in [6, 6.07) is 27.1. The average molecular weight is 739 g/mol. The topological polar surface area (TPSA) is 85.2 Å². The van der Waals surface area contributed by atoms with Crippen LogP contribution >= 0.6 is 0 Å². The Balaban J connectivity index is 1.04. The highest BCUT2D eigenvalue weighted by atomic mass is 19.1. The van der Waals surface area contributed by atoms with Gasteiger partial charge in [-0.1, -0.05) is 60.7 Å². The number of ether oxygens (including phenoxy) is 3. The molecule has 0 spiro atoms. The molecule has 2 aliphatic rings. The number of nitrogens with zero attached hydrogens (tertiary/aromatic N) is 6. The Labute approximate surface area is 315 Å². The van der Waals surface area contributed by atoms with E-state index in [0.717, 1.165) is 11.1 Å². The number of hydrogen-bond acceptors (Lipinski definition) is 8. The van der Waals surface area contributed by atoms with Gasteiger partial charge < -0.3 is 24.0 Å². The summed E-state index contributed by atoms with van der Waals surface area (Å²) in [7, 11) is 1.74. The number of aromatic nitrogens is 3. The fourth-order valence-corrected chi connectivity index (χ4v) is 7.16. The van der Waals surface area contributed by atoms with Crippen LogP contribution in [-0.2, 0) is 25.0 Å². The lowest BCUT2D eigenvalue weighted by Gasteiger charge is -2.41. The maximum absolute atomic E-state index is 16.5. The number of aryl methyl sites for hydroxylation is 1. The number of benzene rings is 3. The zero-order valence-electron chi connectivity index (χ0n) is 31.4. The second-order valence-electron chi connectivity index (χ2n) is 15.1. The van der Waals surface area contributed by atoms with Gasteiger partial charge in [0.05, 0.1) is 17.8 Å². The second-order valence-corrected chi connectivity index (χ2v) is 15.1. The smallest absolute Gasteiger partial charge is 0.410 e. The highest BCUT2D eigenvalue weighted by Gasteiger charge is 2.35. The first kappa shape index (κ1) is 37.1. The first-order valence-electron chi connectivity index (χ1n) is 18.6. The molecular weight excluding hydrogens is 690 g/mol. The molecule has 1 amide bonds. The lowest BCUT2D eigenvalue weighted by atomic mass is 9.94. The van der Waals surface area contributed by atoms with Crippen molar-refractivity contribution in [2.75, 3.05) is 50.7 Å². The molecule has 12 heteroatoms. The third-order valence-electron chi connectivity index (χ3n) is 10.00. The van der Waals surface area contributed by atoms with Crippen LogP contribution in [-0.4, -0.2) is 88.2 Å². The van der Waals surface area contributed by atoms with Crippen molar-refractivity contribution in [3.63, 3.8) is 0 Å². The Bertz CT molecular complexity index is 2050. The number of fused-ring (bicyclic) bond motifs is 1. The van der Waals surface area contributed by atoms with Gasteiger partial charge in [0.1, 0.15) is 36.2 Å². The molecule has 0 aliphatic carbocycles.